The summed E-state index contributed by atoms with van der Waals surface area (Å²) in [6.07, 6.45) is 0. The van der Waals surface area contributed by atoms with Crippen LogP contribution in [0.1, 0.15) is 35.5 Å². The second kappa shape index (κ2) is 7.20. The van der Waals surface area contributed by atoms with Gasteiger partial charge in [0, 0.05) is 15.8 Å². The van der Waals surface area contributed by atoms with Crippen molar-refractivity contribution in [1.29, 1.82) is 0 Å². The van der Waals surface area contributed by atoms with Crippen molar-refractivity contribution < 1.29 is 4.39 Å². The first-order valence-corrected chi connectivity index (χ1v) is 8.48. The van der Waals surface area contributed by atoms with Crippen LogP contribution in [0, 0.1) is 12.7 Å². The largest absolute Gasteiger partial charge is 0.310 e. The molecule has 0 amide bonds. The van der Waals surface area contributed by atoms with Gasteiger partial charge in [-0.05, 0) is 38.6 Å². The van der Waals surface area contributed by atoms with E-state index in [0.717, 1.165) is 27.9 Å². The van der Waals surface area contributed by atoms with Crippen LogP contribution < -0.4 is 5.32 Å². The summed E-state index contributed by atoms with van der Waals surface area (Å²) in [6, 6.07) is 7.03. The zero-order valence-corrected chi connectivity index (χ0v) is 13.6. The van der Waals surface area contributed by atoms with Crippen LogP contribution in [0.2, 0.25) is 0 Å². The van der Waals surface area contributed by atoms with Crippen molar-refractivity contribution in [3.8, 4) is 0 Å². The van der Waals surface area contributed by atoms with Gasteiger partial charge in [-0.25, -0.2) is 9.37 Å². The van der Waals surface area contributed by atoms with Crippen LogP contribution in [-0.4, -0.2) is 11.5 Å². The Morgan fingerprint density at radius 1 is 1.45 bits per heavy atom. The summed E-state index contributed by atoms with van der Waals surface area (Å²) in [7, 11) is 0. The molecule has 2 aromatic rings. The molecule has 0 saturated heterocycles. The number of benzene rings is 1. The Hall–Kier alpha value is -0.910. The average molecular weight is 310 g/mol. The fraction of sp³-hybridized carbons (Fsp3) is 0.400. The molecule has 0 spiro atoms. The minimum absolute atomic E-state index is 0.188. The molecule has 0 aliphatic rings. The second-order valence-corrected chi connectivity index (χ2v) is 6.75. The van der Waals surface area contributed by atoms with E-state index in [1.54, 1.807) is 35.2 Å². The Kier molecular flexibility index (Phi) is 5.57. The van der Waals surface area contributed by atoms with Crippen molar-refractivity contribution in [3.05, 3.63) is 45.7 Å². The fourth-order valence-electron chi connectivity index (χ4n) is 2.03. The van der Waals surface area contributed by atoms with E-state index in [1.165, 1.54) is 10.9 Å². The molecular weight excluding hydrogens is 291 g/mol. The maximum absolute atomic E-state index is 13.1. The summed E-state index contributed by atoms with van der Waals surface area (Å²) >= 11 is 3.37. The van der Waals surface area contributed by atoms with E-state index in [0.29, 0.717) is 6.04 Å². The van der Waals surface area contributed by atoms with Crippen LogP contribution in [0.15, 0.2) is 29.2 Å². The second-order valence-electron chi connectivity index (χ2n) is 4.58. The van der Waals surface area contributed by atoms with E-state index in [-0.39, 0.29) is 5.82 Å². The minimum atomic E-state index is -0.188. The summed E-state index contributed by atoms with van der Waals surface area (Å²) in [6.45, 7) is 7.27. The van der Waals surface area contributed by atoms with Gasteiger partial charge in [-0.3, -0.25) is 0 Å². The van der Waals surface area contributed by atoms with Crippen LogP contribution >= 0.6 is 23.1 Å². The molecule has 108 valence electrons. The standard InChI is InChI=1S/C15H19FN2S2/c1-4-17-10(2)15-11(3)18-14(20-15)9-19-13-7-5-6-12(16)8-13/h5-8,10,17H,4,9H2,1-3H3. The zero-order chi connectivity index (χ0) is 14.5. The summed E-state index contributed by atoms with van der Waals surface area (Å²) < 4.78 is 13.1. The Balaban J connectivity index is 2.02. The van der Waals surface area contributed by atoms with Crippen LogP contribution in [0.3, 0.4) is 0 Å². The third kappa shape index (κ3) is 4.04. The number of hydrogen-bond donors (Lipinski definition) is 1. The number of nitrogens with one attached hydrogen (secondary N) is 1. The molecule has 5 heteroatoms. The van der Waals surface area contributed by atoms with E-state index in [9.17, 15) is 4.39 Å². The Morgan fingerprint density at radius 2 is 2.25 bits per heavy atom. The predicted octanol–water partition coefficient (Wildman–Crippen LogP) is 4.55. The van der Waals surface area contributed by atoms with Crippen molar-refractivity contribution in [1.82, 2.24) is 10.3 Å². The molecule has 20 heavy (non-hydrogen) atoms. The monoisotopic (exact) mass is 310 g/mol. The summed E-state index contributed by atoms with van der Waals surface area (Å²) in [5.41, 5.74) is 1.10. The summed E-state index contributed by atoms with van der Waals surface area (Å²) in [5, 5.41) is 4.51. The maximum atomic E-state index is 13.1. The number of aryl methyl sites for hydroxylation is 1. The summed E-state index contributed by atoms with van der Waals surface area (Å²) in [4.78, 5) is 6.85. The van der Waals surface area contributed by atoms with Crippen LogP contribution in [0.5, 0.6) is 0 Å². The molecular formula is C15H19FN2S2. The van der Waals surface area contributed by atoms with Gasteiger partial charge in [0.25, 0.3) is 0 Å². The normalized spacial score (nSPS) is 12.6. The lowest BCUT2D eigenvalue weighted by atomic mass is 10.2. The molecule has 0 bridgehead atoms. The third-order valence-electron chi connectivity index (χ3n) is 2.94. The Bertz CT molecular complexity index is 569. The van der Waals surface area contributed by atoms with Gasteiger partial charge in [0.2, 0.25) is 0 Å². The number of thiazole rings is 1. The van der Waals surface area contributed by atoms with Gasteiger partial charge in [0.1, 0.15) is 10.8 Å². The SMILES string of the molecule is CCNC(C)c1sc(CSc2cccc(F)c2)nc1C. The van der Waals surface area contributed by atoms with Gasteiger partial charge in [-0.2, -0.15) is 0 Å². The first kappa shape index (κ1) is 15.5. The molecule has 1 aromatic carbocycles. The van der Waals surface area contributed by atoms with Crippen LogP contribution in [-0.2, 0) is 5.75 Å². The van der Waals surface area contributed by atoms with Crippen molar-refractivity contribution in [2.75, 3.05) is 6.54 Å². The molecule has 2 nitrogen and oxygen atoms in total. The molecule has 2 rings (SSSR count). The highest BCUT2D eigenvalue weighted by Crippen LogP contribution is 2.30. The highest BCUT2D eigenvalue weighted by Gasteiger charge is 2.13. The van der Waals surface area contributed by atoms with Gasteiger partial charge in [-0.15, -0.1) is 23.1 Å². The lowest BCUT2D eigenvalue weighted by Gasteiger charge is -2.09. The first-order valence-electron chi connectivity index (χ1n) is 6.68. The van der Waals surface area contributed by atoms with Gasteiger partial charge >= 0.3 is 0 Å². The molecule has 1 aromatic heterocycles. The van der Waals surface area contributed by atoms with E-state index in [1.807, 2.05) is 6.07 Å². The van der Waals surface area contributed by atoms with Crippen molar-refractivity contribution >= 4 is 23.1 Å². The first-order chi connectivity index (χ1) is 9.60. The molecule has 1 unspecified atom stereocenters. The van der Waals surface area contributed by atoms with Gasteiger partial charge in [0.05, 0.1) is 11.4 Å². The van der Waals surface area contributed by atoms with Gasteiger partial charge in [-0.1, -0.05) is 13.0 Å². The number of hydrogen-bond acceptors (Lipinski definition) is 4. The number of aromatic nitrogens is 1. The van der Waals surface area contributed by atoms with E-state index >= 15 is 0 Å². The molecule has 0 aliphatic carbocycles. The summed E-state index contributed by atoms with van der Waals surface area (Å²) in [5.74, 6) is 0.597. The topological polar surface area (TPSA) is 24.9 Å². The minimum Gasteiger partial charge on any atom is -0.310 e. The number of nitrogens with zero attached hydrogens (tertiary/aromatic N) is 1. The number of thioether (sulfide) groups is 1. The van der Waals surface area contributed by atoms with Crippen molar-refractivity contribution in [2.24, 2.45) is 0 Å². The van der Waals surface area contributed by atoms with Gasteiger partial charge < -0.3 is 5.32 Å². The van der Waals surface area contributed by atoms with E-state index in [2.05, 4.69) is 31.1 Å². The molecule has 0 fully saturated rings. The molecule has 0 aliphatic heterocycles. The highest BCUT2D eigenvalue weighted by atomic mass is 32.2. The van der Waals surface area contributed by atoms with Crippen molar-refractivity contribution in [3.63, 3.8) is 0 Å². The van der Waals surface area contributed by atoms with Crippen LogP contribution in [0.4, 0.5) is 4.39 Å². The molecule has 0 saturated carbocycles. The molecule has 1 heterocycles. The molecule has 1 N–H and O–H groups in total. The Morgan fingerprint density at radius 3 is 2.95 bits per heavy atom. The van der Waals surface area contributed by atoms with E-state index < -0.39 is 0 Å². The third-order valence-corrected chi connectivity index (χ3v) is 5.47. The average Bonchev–Trinajstić information content (AvgIpc) is 2.78. The zero-order valence-electron chi connectivity index (χ0n) is 11.9. The molecule has 0 radical (unpaired) electrons. The quantitative estimate of drug-likeness (QED) is 0.792. The Labute approximate surface area is 127 Å². The lowest BCUT2D eigenvalue weighted by molar-refractivity contribution is 0.603. The van der Waals surface area contributed by atoms with Crippen LogP contribution in [0.25, 0.3) is 0 Å². The molecule has 1 atom stereocenters. The smallest absolute Gasteiger partial charge is 0.124 e. The highest BCUT2D eigenvalue weighted by molar-refractivity contribution is 7.98. The van der Waals surface area contributed by atoms with Gasteiger partial charge in [0.15, 0.2) is 0 Å². The maximum Gasteiger partial charge on any atom is 0.124 e. The fourth-order valence-corrected chi connectivity index (χ4v) is 4.06. The number of rotatable bonds is 6. The van der Waals surface area contributed by atoms with Crippen molar-refractivity contribution in [2.45, 2.75) is 37.5 Å². The predicted molar refractivity (Wildman–Crippen MR) is 84.9 cm³/mol. The number of halogens is 1. The van der Waals surface area contributed by atoms with E-state index in [4.69, 9.17) is 0 Å². The lowest BCUT2D eigenvalue weighted by Crippen LogP contribution is -2.17.